The van der Waals surface area contributed by atoms with Gasteiger partial charge in [-0.05, 0) is 33.4 Å². The van der Waals surface area contributed by atoms with Crippen molar-refractivity contribution >= 4 is 5.91 Å². The van der Waals surface area contributed by atoms with Gasteiger partial charge in [0.1, 0.15) is 0 Å². The average Bonchev–Trinajstić information content (AvgIpc) is 2.19. The fraction of sp³-hybridized carbons (Fsp3) is 0.923. The van der Waals surface area contributed by atoms with Gasteiger partial charge in [-0.2, -0.15) is 0 Å². The molecule has 0 fully saturated rings. The maximum absolute atomic E-state index is 12.0. The van der Waals surface area contributed by atoms with Crippen molar-refractivity contribution < 1.29 is 4.79 Å². The van der Waals surface area contributed by atoms with Gasteiger partial charge in [-0.25, -0.2) is 0 Å². The van der Waals surface area contributed by atoms with Gasteiger partial charge in [0.05, 0.1) is 0 Å². The highest BCUT2D eigenvalue weighted by Crippen LogP contribution is 2.04. The van der Waals surface area contributed by atoms with Gasteiger partial charge in [0.2, 0.25) is 5.91 Å². The molecule has 0 bridgehead atoms. The fourth-order valence-corrected chi connectivity index (χ4v) is 1.59. The van der Waals surface area contributed by atoms with Gasteiger partial charge in [0.25, 0.3) is 0 Å². The predicted molar refractivity (Wildman–Crippen MR) is 72.9 cm³/mol. The molecule has 0 saturated carbocycles. The summed E-state index contributed by atoms with van der Waals surface area (Å²) in [5.74, 6) is 0.745. The van der Waals surface area contributed by atoms with E-state index in [-0.39, 0.29) is 11.9 Å². The first kappa shape index (κ1) is 16.4. The molecule has 0 aliphatic rings. The predicted octanol–water partition coefficient (Wildman–Crippen LogP) is 1.16. The number of carbonyl (C=O) groups is 1. The lowest BCUT2D eigenvalue weighted by molar-refractivity contribution is -0.132. The van der Waals surface area contributed by atoms with Crippen molar-refractivity contribution in [2.45, 2.75) is 39.7 Å². The molecule has 0 aromatic rings. The number of nitrogens with zero attached hydrogens (tertiary/aromatic N) is 2. The number of carbonyl (C=O) groups excluding carboxylic acids is 1. The summed E-state index contributed by atoms with van der Waals surface area (Å²) >= 11 is 0. The van der Waals surface area contributed by atoms with Crippen LogP contribution in [0.25, 0.3) is 0 Å². The number of rotatable bonds is 8. The summed E-state index contributed by atoms with van der Waals surface area (Å²) in [4.78, 5) is 16.1. The van der Waals surface area contributed by atoms with Crippen LogP contribution in [0.15, 0.2) is 0 Å². The highest BCUT2D eigenvalue weighted by atomic mass is 16.2. The van der Waals surface area contributed by atoms with Gasteiger partial charge < -0.3 is 15.5 Å². The van der Waals surface area contributed by atoms with E-state index in [1.807, 2.05) is 25.9 Å². The Balaban J connectivity index is 4.19. The number of hydrogen-bond acceptors (Lipinski definition) is 3. The van der Waals surface area contributed by atoms with Crippen LogP contribution in [0.2, 0.25) is 0 Å². The number of nitrogens with two attached hydrogens (primary N) is 1. The number of hydrogen-bond donors (Lipinski definition) is 1. The van der Waals surface area contributed by atoms with E-state index in [1.54, 1.807) is 0 Å². The molecule has 4 nitrogen and oxygen atoms in total. The first-order valence-corrected chi connectivity index (χ1v) is 6.51. The van der Waals surface area contributed by atoms with Gasteiger partial charge >= 0.3 is 0 Å². The summed E-state index contributed by atoms with van der Waals surface area (Å²) < 4.78 is 0. The molecule has 1 amide bonds. The second kappa shape index (κ2) is 8.48. The molecule has 0 radical (unpaired) electrons. The van der Waals surface area contributed by atoms with E-state index in [9.17, 15) is 4.79 Å². The molecular formula is C13H29N3O. The zero-order valence-corrected chi connectivity index (χ0v) is 12.1. The quantitative estimate of drug-likeness (QED) is 0.696. The van der Waals surface area contributed by atoms with E-state index in [4.69, 9.17) is 5.73 Å². The van der Waals surface area contributed by atoms with Gasteiger partial charge in [0, 0.05) is 32.1 Å². The lowest BCUT2D eigenvalue weighted by atomic mass is 10.1. The highest BCUT2D eigenvalue weighted by Gasteiger charge is 2.15. The largest absolute Gasteiger partial charge is 0.341 e. The van der Waals surface area contributed by atoms with E-state index < -0.39 is 0 Å². The third-order valence-electron chi connectivity index (χ3n) is 2.57. The van der Waals surface area contributed by atoms with Crippen molar-refractivity contribution in [3.8, 4) is 0 Å². The van der Waals surface area contributed by atoms with Crippen LogP contribution in [0.3, 0.4) is 0 Å². The zero-order valence-electron chi connectivity index (χ0n) is 12.1. The third-order valence-corrected chi connectivity index (χ3v) is 2.57. The topological polar surface area (TPSA) is 49.6 Å². The summed E-state index contributed by atoms with van der Waals surface area (Å²) in [5.41, 5.74) is 5.69. The number of amides is 1. The van der Waals surface area contributed by atoms with Gasteiger partial charge in [-0.15, -0.1) is 0 Å². The van der Waals surface area contributed by atoms with Crippen molar-refractivity contribution in [2.75, 3.05) is 33.7 Å². The molecule has 0 aliphatic carbocycles. The summed E-state index contributed by atoms with van der Waals surface area (Å²) in [7, 11) is 4.06. The second-order valence-electron chi connectivity index (χ2n) is 5.55. The van der Waals surface area contributed by atoms with Gasteiger partial charge in [-0.1, -0.05) is 13.8 Å². The molecular weight excluding hydrogens is 214 g/mol. The minimum Gasteiger partial charge on any atom is -0.341 e. The van der Waals surface area contributed by atoms with Crippen LogP contribution in [0, 0.1) is 5.92 Å². The Labute approximate surface area is 106 Å². The van der Waals surface area contributed by atoms with Crippen LogP contribution >= 0.6 is 0 Å². The summed E-state index contributed by atoms with van der Waals surface area (Å²) in [6.45, 7) is 8.79. The van der Waals surface area contributed by atoms with E-state index >= 15 is 0 Å². The Hall–Kier alpha value is -0.610. The summed E-state index contributed by atoms with van der Waals surface area (Å²) in [5, 5.41) is 0. The van der Waals surface area contributed by atoms with Crippen LogP contribution in [0.4, 0.5) is 0 Å². The first-order chi connectivity index (χ1) is 7.82. The fourth-order valence-electron chi connectivity index (χ4n) is 1.59. The van der Waals surface area contributed by atoms with Gasteiger partial charge in [-0.3, -0.25) is 4.79 Å². The molecule has 17 heavy (non-hydrogen) atoms. The molecule has 0 aromatic heterocycles. The Morgan fingerprint density at radius 3 is 2.18 bits per heavy atom. The van der Waals surface area contributed by atoms with Crippen LogP contribution in [-0.2, 0) is 4.79 Å². The second-order valence-corrected chi connectivity index (χ2v) is 5.55. The van der Waals surface area contributed by atoms with E-state index in [0.717, 1.165) is 26.1 Å². The van der Waals surface area contributed by atoms with Crippen molar-refractivity contribution in [1.82, 2.24) is 9.80 Å². The SMILES string of the molecule is CC(C)CN(CCN(C)C)C(=O)CCC(C)N. The number of likely N-dealkylation sites (N-methyl/N-ethyl adjacent to an activating group) is 1. The van der Waals surface area contributed by atoms with Crippen molar-refractivity contribution in [2.24, 2.45) is 11.7 Å². The van der Waals surface area contributed by atoms with Gasteiger partial charge in [0.15, 0.2) is 0 Å². The monoisotopic (exact) mass is 243 g/mol. The summed E-state index contributed by atoms with van der Waals surface area (Å²) in [6.07, 6.45) is 1.34. The molecule has 1 unspecified atom stereocenters. The van der Waals surface area contributed by atoms with E-state index in [1.165, 1.54) is 0 Å². The lowest BCUT2D eigenvalue weighted by Gasteiger charge is -2.26. The average molecular weight is 243 g/mol. The Morgan fingerprint density at radius 1 is 1.18 bits per heavy atom. The Kier molecular flexibility index (Phi) is 8.17. The van der Waals surface area contributed by atoms with Crippen molar-refractivity contribution in [3.63, 3.8) is 0 Å². The first-order valence-electron chi connectivity index (χ1n) is 6.51. The normalized spacial score (nSPS) is 13.2. The van der Waals surface area contributed by atoms with Crippen molar-refractivity contribution in [3.05, 3.63) is 0 Å². The molecule has 0 heterocycles. The standard InChI is InChI=1S/C13H29N3O/c1-11(2)10-16(9-8-15(4)5)13(17)7-6-12(3)14/h11-12H,6-10,14H2,1-5H3. The Morgan fingerprint density at radius 2 is 1.76 bits per heavy atom. The third kappa shape index (κ3) is 9.12. The molecule has 0 aliphatic heterocycles. The molecule has 0 saturated heterocycles. The molecule has 0 rings (SSSR count). The molecule has 1 atom stereocenters. The minimum atomic E-state index is 0.105. The van der Waals surface area contributed by atoms with Crippen molar-refractivity contribution in [1.29, 1.82) is 0 Å². The maximum Gasteiger partial charge on any atom is 0.222 e. The van der Waals surface area contributed by atoms with Crippen LogP contribution < -0.4 is 5.73 Å². The maximum atomic E-state index is 12.0. The highest BCUT2D eigenvalue weighted by molar-refractivity contribution is 5.76. The molecule has 4 heteroatoms. The minimum absolute atomic E-state index is 0.105. The molecule has 2 N–H and O–H groups in total. The van der Waals surface area contributed by atoms with Crippen LogP contribution in [0.5, 0.6) is 0 Å². The molecule has 0 aromatic carbocycles. The molecule has 102 valence electrons. The smallest absolute Gasteiger partial charge is 0.222 e. The summed E-state index contributed by atoms with van der Waals surface area (Å²) in [6, 6.07) is 0.105. The van der Waals surface area contributed by atoms with E-state index in [2.05, 4.69) is 18.7 Å². The van der Waals surface area contributed by atoms with Crippen LogP contribution in [-0.4, -0.2) is 55.5 Å². The lowest BCUT2D eigenvalue weighted by Crippen LogP contribution is -2.39. The van der Waals surface area contributed by atoms with Crippen LogP contribution in [0.1, 0.15) is 33.6 Å². The van der Waals surface area contributed by atoms with E-state index in [0.29, 0.717) is 12.3 Å². The Bertz CT molecular complexity index is 215. The molecule has 0 spiro atoms. The zero-order chi connectivity index (χ0) is 13.4.